The van der Waals surface area contributed by atoms with E-state index in [9.17, 15) is 5.11 Å². The third kappa shape index (κ3) is 2.16. The number of fused-ring (bicyclic) bond motifs is 1. The number of methoxy groups -OCH3 is 1. The van der Waals surface area contributed by atoms with Crippen molar-refractivity contribution in [3.63, 3.8) is 0 Å². The number of pyridine rings is 1. The molecule has 0 saturated carbocycles. The van der Waals surface area contributed by atoms with E-state index in [2.05, 4.69) is 10.1 Å². The third-order valence-electron chi connectivity index (χ3n) is 3.07. The molecule has 5 nitrogen and oxygen atoms in total. The molecule has 20 heavy (non-hydrogen) atoms. The Kier molecular flexibility index (Phi) is 3.20. The van der Waals surface area contributed by atoms with Crippen LogP contribution in [0.2, 0.25) is 5.02 Å². The number of benzene rings is 1. The first-order valence-corrected chi connectivity index (χ1v) is 6.39. The molecule has 2 aromatic heterocycles. The van der Waals surface area contributed by atoms with Gasteiger partial charge < -0.3 is 9.84 Å². The Morgan fingerprint density at radius 3 is 2.70 bits per heavy atom. The monoisotopic (exact) mass is 289 g/mol. The van der Waals surface area contributed by atoms with Crippen LogP contribution in [0.3, 0.4) is 0 Å². The lowest BCUT2D eigenvalue weighted by Crippen LogP contribution is -2.02. The molecule has 0 saturated heterocycles. The van der Waals surface area contributed by atoms with Crippen molar-refractivity contribution in [2.45, 2.75) is 6.54 Å². The molecule has 2 heterocycles. The number of rotatable bonds is 3. The summed E-state index contributed by atoms with van der Waals surface area (Å²) in [6.07, 6.45) is 2.94. The van der Waals surface area contributed by atoms with Crippen molar-refractivity contribution in [1.29, 1.82) is 0 Å². The lowest BCUT2D eigenvalue weighted by Gasteiger charge is -2.05. The molecule has 0 aliphatic rings. The zero-order valence-electron chi connectivity index (χ0n) is 10.7. The molecule has 0 atom stereocenters. The molecule has 6 heteroatoms. The highest BCUT2D eigenvalue weighted by Gasteiger charge is 2.11. The van der Waals surface area contributed by atoms with E-state index < -0.39 is 0 Å². The highest BCUT2D eigenvalue weighted by molar-refractivity contribution is 6.36. The average molecular weight is 290 g/mol. The van der Waals surface area contributed by atoms with Crippen LogP contribution in [0.25, 0.3) is 11.0 Å². The minimum absolute atomic E-state index is 0.0387. The second-order valence-corrected chi connectivity index (χ2v) is 4.72. The molecule has 3 aromatic rings. The van der Waals surface area contributed by atoms with Gasteiger partial charge in [0.2, 0.25) is 0 Å². The molecule has 0 amide bonds. The van der Waals surface area contributed by atoms with E-state index in [0.717, 1.165) is 11.3 Å². The molecule has 0 unspecified atom stereocenters. The van der Waals surface area contributed by atoms with Gasteiger partial charge in [-0.05, 0) is 17.7 Å². The predicted molar refractivity (Wildman–Crippen MR) is 76.3 cm³/mol. The standard InChI is InChI=1S/C14H12ClN3O2/c1-20-10-4-2-9(3-5-10)8-18-14-11(6-17-18)13(15)12(19)7-16-14/h2-7,19H,8H2,1H3. The molecule has 0 aliphatic carbocycles. The maximum atomic E-state index is 9.53. The summed E-state index contributed by atoms with van der Waals surface area (Å²) in [6.45, 7) is 0.571. The summed E-state index contributed by atoms with van der Waals surface area (Å²) in [7, 11) is 1.63. The predicted octanol–water partition coefficient (Wildman–Crippen LogP) is 2.85. The summed E-state index contributed by atoms with van der Waals surface area (Å²) in [5, 5.41) is 14.7. The zero-order valence-corrected chi connectivity index (χ0v) is 11.5. The maximum absolute atomic E-state index is 9.53. The van der Waals surface area contributed by atoms with Crippen molar-refractivity contribution in [2.75, 3.05) is 7.11 Å². The van der Waals surface area contributed by atoms with Crippen LogP contribution in [0.5, 0.6) is 11.5 Å². The Hall–Kier alpha value is -2.27. The first-order valence-electron chi connectivity index (χ1n) is 6.01. The Balaban J connectivity index is 1.96. The zero-order chi connectivity index (χ0) is 14.1. The van der Waals surface area contributed by atoms with Crippen LogP contribution in [0, 0.1) is 0 Å². The van der Waals surface area contributed by atoms with Gasteiger partial charge in [0.05, 0.1) is 36.5 Å². The van der Waals surface area contributed by atoms with E-state index in [-0.39, 0.29) is 10.8 Å². The van der Waals surface area contributed by atoms with Crippen molar-refractivity contribution in [1.82, 2.24) is 14.8 Å². The van der Waals surface area contributed by atoms with Crippen molar-refractivity contribution in [3.8, 4) is 11.5 Å². The van der Waals surface area contributed by atoms with Crippen LogP contribution in [-0.4, -0.2) is 27.0 Å². The summed E-state index contributed by atoms with van der Waals surface area (Å²) in [5.74, 6) is 0.772. The summed E-state index contributed by atoms with van der Waals surface area (Å²) in [5.41, 5.74) is 1.71. The fraction of sp³-hybridized carbons (Fsp3) is 0.143. The molecule has 0 spiro atoms. The lowest BCUT2D eigenvalue weighted by molar-refractivity contribution is 0.414. The summed E-state index contributed by atoms with van der Waals surface area (Å²) in [4.78, 5) is 4.17. The Labute approximate surface area is 120 Å². The van der Waals surface area contributed by atoms with Crippen LogP contribution in [0.15, 0.2) is 36.7 Å². The van der Waals surface area contributed by atoms with Gasteiger partial charge in [0, 0.05) is 0 Å². The van der Waals surface area contributed by atoms with Crippen molar-refractivity contribution in [2.24, 2.45) is 0 Å². The molecule has 3 rings (SSSR count). The summed E-state index contributed by atoms with van der Waals surface area (Å²) >= 11 is 6.02. The number of hydrogen-bond donors (Lipinski definition) is 1. The van der Waals surface area contributed by atoms with E-state index >= 15 is 0 Å². The van der Waals surface area contributed by atoms with Crippen LogP contribution in [0.4, 0.5) is 0 Å². The summed E-state index contributed by atoms with van der Waals surface area (Å²) in [6, 6.07) is 7.73. The SMILES string of the molecule is COc1ccc(Cn2ncc3c(Cl)c(O)cnc32)cc1. The molecule has 0 bridgehead atoms. The summed E-state index contributed by atoms with van der Waals surface area (Å²) < 4.78 is 6.86. The Bertz CT molecular complexity index is 753. The second kappa shape index (κ2) is 5.02. The number of aromatic nitrogens is 3. The van der Waals surface area contributed by atoms with Crippen LogP contribution < -0.4 is 4.74 Å². The topological polar surface area (TPSA) is 60.2 Å². The molecule has 0 radical (unpaired) electrons. The number of halogens is 1. The van der Waals surface area contributed by atoms with Crippen molar-refractivity contribution >= 4 is 22.6 Å². The number of ether oxygens (including phenoxy) is 1. The van der Waals surface area contributed by atoms with Gasteiger partial charge in [0.15, 0.2) is 11.4 Å². The van der Waals surface area contributed by atoms with Crippen LogP contribution >= 0.6 is 11.6 Å². The molecule has 0 aliphatic heterocycles. The van der Waals surface area contributed by atoms with Crippen molar-refractivity contribution < 1.29 is 9.84 Å². The lowest BCUT2D eigenvalue weighted by atomic mass is 10.2. The Morgan fingerprint density at radius 1 is 1.25 bits per heavy atom. The van der Waals surface area contributed by atoms with Gasteiger partial charge in [-0.15, -0.1) is 0 Å². The smallest absolute Gasteiger partial charge is 0.159 e. The molecule has 1 N–H and O–H groups in total. The normalized spacial score (nSPS) is 10.9. The molecule has 1 aromatic carbocycles. The second-order valence-electron chi connectivity index (χ2n) is 4.34. The number of nitrogens with zero attached hydrogens (tertiary/aromatic N) is 3. The van der Waals surface area contributed by atoms with E-state index in [4.69, 9.17) is 16.3 Å². The third-order valence-corrected chi connectivity index (χ3v) is 3.47. The van der Waals surface area contributed by atoms with E-state index in [1.54, 1.807) is 18.0 Å². The van der Waals surface area contributed by atoms with E-state index in [0.29, 0.717) is 17.6 Å². The minimum atomic E-state index is -0.0387. The van der Waals surface area contributed by atoms with E-state index in [1.165, 1.54) is 6.20 Å². The maximum Gasteiger partial charge on any atom is 0.159 e. The Morgan fingerprint density at radius 2 is 2.00 bits per heavy atom. The van der Waals surface area contributed by atoms with Gasteiger partial charge in [-0.3, -0.25) is 0 Å². The van der Waals surface area contributed by atoms with Gasteiger partial charge in [-0.1, -0.05) is 23.7 Å². The highest BCUT2D eigenvalue weighted by Crippen LogP contribution is 2.30. The van der Waals surface area contributed by atoms with Crippen molar-refractivity contribution in [3.05, 3.63) is 47.2 Å². The van der Waals surface area contributed by atoms with Gasteiger partial charge in [0.25, 0.3) is 0 Å². The van der Waals surface area contributed by atoms with Crippen LogP contribution in [-0.2, 0) is 6.54 Å². The van der Waals surface area contributed by atoms with Gasteiger partial charge in [-0.25, -0.2) is 9.67 Å². The van der Waals surface area contributed by atoms with Crippen LogP contribution in [0.1, 0.15) is 5.56 Å². The number of hydrogen-bond acceptors (Lipinski definition) is 4. The average Bonchev–Trinajstić information content (AvgIpc) is 2.87. The quantitative estimate of drug-likeness (QED) is 0.805. The fourth-order valence-corrected chi connectivity index (χ4v) is 2.19. The minimum Gasteiger partial charge on any atom is -0.505 e. The first kappa shape index (κ1) is 12.7. The van der Waals surface area contributed by atoms with Gasteiger partial charge >= 0.3 is 0 Å². The van der Waals surface area contributed by atoms with Gasteiger partial charge in [0.1, 0.15) is 5.75 Å². The molecular weight excluding hydrogens is 278 g/mol. The first-order chi connectivity index (χ1) is 9.69. The highest BCUT2D eigenvalue weighted by atomic mass is 35.5. The molecule has 102 valence electrons. The fourth-order valence-electron chi connectivity index (χ4n) is 2.01. The van der Waals surface area contributed by atoms with Gasteiger partial charge in [-0.2, -0.15) is 5.10 Å². The number of aromatic hydroxyl groups is 1. The molecular formula is C14H12ClN3O2. The van der Waals surface area contributed by atoms with E-state index in [1.807, 2.05) is 24.3 Å². The molecule has 0 fully saturated rings. The largest absolute Gasteiger partial charge is 0.505 e.